The molecule has 3 nitrogen and oxygen atoms in total. The molecule has 1 aromatic heterocycles. The monoisotopic (exact) mass is 304 g/mol. The second-order valence-electron chi connectivity index (χ2n) is 4.05. The molecule has 0 aliphatic carbocycles. The predicted octanol–water partition coefficient (Wildman–Crippen LogP) is 2.23. The number of nitrogens with zero attached hydrogens (tertiary/aromatic N) is 1. The number of halogens is 1. The Morgan fingerprint density at radius 3 is 3.12 bits per heavy atom. The molecule has 1 aliphatic heterocycles. The summed E-state index contributed by atoms with van der Waals surface area (Å²) in [4.78, 5) is 3.77. The van der Waals surface area contributed by atoms with Gasteiger partial charge in [-0.1, -0.05) is 0 Å². The fourth-order valence-electron chi connectivity index (χ4n) is 2.14. The Hall–Kier alpha value is 0.0600. The summed E-state index contributed by atoms with van der Waals surface area (Å²) < 4.78 is 6.64. The van der Waals surface area contributed by atoms with Crippen molar-refractivity contribution in [3.63, 3.8) is 0 Å². The van der Waals surface area contributed by atoms with Gasteiger partial charge < -0.3 is 10.5 Å². The molecule has 1 fully saturated rings. The van der Waals surface area contributed by atoms with Gasteiger partial charge in [0.2, 0.25) is 0 Å². The van der Waals surface area contributed by atoms with Crippen LogP contribution in [-0.4, -0.2) is 37.2 Å². The van der Waals surface area contributed by atoms with Crippen molar-refractivity contribution in [3.05, 3.63) is 20.8 Å². The van der Waals surface area contributed by atoms with Gasteiger partial charge in [0.15, 0.2) is 0 Å². The van der Waals surface area contributed by atoms with Gasteiger partial charge in [-0.05, 0) is 34.3 Å². The highest BCUT2D eigenvalue weighted by molar-refractivity contribution is 9.10. The summed E-state index contributed by atoms with van der Waals surface area (Å²) in [5, 5.41) is 2.10. The van der Waals surface area contributed by atoms with Crippen LogP contribution in [0.3, 0.4) is 0 Å². The van der Waals surface area contributed by atoms with E-state index in [2.05, 4.69) is 39.2 Å². The first kappa shape index (κ1) is 12.5. The van der Waals surface area contributed by atoms with E-state index < -0.39 is 0 Å². The van der Waals surface area contributed by atoms with Gasteiger partial charge in [0, 0.05) is 28.5 Å². The van der Waals surface area contributed by atoms with Gasteiger partial charge in [0.1, 0.15) is 0 Å². The van der Waals surface area contributed by atoms with Crippen LogP contribution in [0.4, 0.5) is 0 Å². The summed E-state index contributed by atoms with van der Waals surface area (Å²) in [7, 11) is 0. The van der Waals surface area contributed by atoms with Gasteiger partial charge in [-0.3, -0.25) is 4.90 Å². The standard InChI is InChI=1S/C11H17BrN2OS/c1-8-7-15-4-3-14(8)10(6-13)11-9(12)2-5-16-11/h2,5,8,10H,3-4,6-7,13H2,1H3. The van der Waals surface area contributed by atoms with Crippen LogP contribution in [-0.2, 0) is 4.74 Å². The summed E-state index contributed by atoms with van der Waals surface area (Å²) in [5.41, 5.74) is 5.93. The number of hydrogen-bond donors (Lipinski definition) is 1. The first-order chi connectivity index (χ1) is 7.74. The molecule has 1 saturated heterocycles. The molecule has 2 rings (SSSR count). The van der Waals surface area contributed by atoms with E-state index in [1.165, 1.54) is 9.35 Å². The van der Waals surface area contributed by atoms with Gasteiger partial charge in [0.25, 0.3) is 0 Å². The summed E-state index contributed by atoms with van der Waals surface area (Å²) >= 11 is 5.36. The van der Waals surface area contributed by atoms with Gasteiger partial charge in [0.05, 0.1) is 19.3 Å². The number of ether oxygens (including phenoxy) is 1. The molecule has 0 bridgehead atoms. The van der Waals surface area contributed by atoms with Crippen LogP contribution in [0.1, 0.15) is 17.8 Å². The molecule has 0 saturated carbocycles. The Kier molecular flexibility index (Phi) is 4.38. The van der Waals surface area contributed by atoms with E-state index >= 15 is 0 Å². The summed E-state index contributed by atoms with van der Waals surface area (Å²) in [6.07, 6.45) is 0. The Bertz CT molecular complexity index is 344. The van der Waals surface area contributed by atoms with Crippen molar-refractivity contribution in [2.75, 3.05) is 26.3 Å². The zero-order valence-corrected chi connectivity index (χ0v) is 11.8. The Balaban J connectivity index is 2.18. The van der Waals surface area contributed by atoms with E-state index in [4.69, 9.17) is 10.5 Å². The smallest absolute Gasteiger partial charge is 0.0620 e. The minimum atomic E-state index is 0.313. The summed E-state index contributed by atoms with van der Waals surface area (Å²) in [5.74, 6) is 0. The SMILES string of the molecule is CC1COCCN1C(CN)c1sccc1Br. The molecule has 0 spiro atoms. The van der Waals surface area contributed by atoms with Gasteiger partial charge in [-0.25, -0.2) is 0 Å². The highest BCUT2D eigenvalue weighted by Crippen LogP contribution is 2.33. The topological polar surface area (TPSA) is 38.5 Å². The van der Waals surface area contributed by atoms with Crippen LogP contribution < -0.4 is 5.73 Å². The molecule has 90 valence electrons. The average molecular weight is 305 g/mol. The van der Waals surface area contributed by atoms with Crippen molar-refractivity contribution in [3.8, 4) is 0 Å². The van der Waals surface area contributed by atoms with Crippen molar-refractivity contribution in [2.45, 2.75) is 19.0 Å². The van der Waals surface area contributed by atoms with E-state index in [0.29, 0.717) is 18.6 Å². The molecular formula is C11H17BrN2OS. The third-order valence-corrected chi connectivity index (χ3v) is 4.96. The minimum Gasteiger partial charge on any atom is -0.379 e. The van der Waals surface area contributed by atoms with Gasteiger partial charge in [-0.15, -0.1) is 11.3 Å². The van der Waals surface area contributed by atoms with Crippen molar-refractivity contribution < 1.29 is 4.74 Å². The van der Waals surface area contributed by atoms with Crippen molar-refractivity contribution in [2.24, 2.45) is 5.73 Å². The lowest BCUT2D eigenvalue weighted by atomic mass is 10.1. The third kappa shape index (κ3) is 2.49. The lowest BCUT2D eigenvalue weighted by molar-refractivity contribution is -0.0203. The highest BCUT2D eigenvalue weighted by Gasteiger charge is 2.28. The maximum Gasteiger partial charge on any atom is 0.0620 e. The fraction of sp³-hybridized carbons (Fsp3) is 0.636. The Labute approximate surface area is 109 Å². The predicted molar refractivity (Wildman–Crippen MR) is 70.8 cm³/mol. The Morgan fingerprint density at radius 1 is 1.75 bits per heavy atom. The zero-order valence-electron chi connectivity index (χ0n) is 9.36. The molecule has 2 atom stereocenters. The fourth-order valence-corrected chi connectivity index (χ4v) is 3.91. The third-order valence-electron chi connectivity index (χ3n) is 2.99. The average Bonchev–Trinajstić information content (AvgIpc) is 2.69. The molecule has 2 unspecified atom stereocenters. The molecule has 1 aliphatic rings. The van der Waals surface area contributed by atoms with Crippen LogP contribution in [0.25, 0.3) is 0 Å². The number of morpholine rings is 1. The van der Waals surface area contributed by atoms with Crippen LogP contribution in [0.5, 0.6) is 0 Å². The maximum absolute atomic E-state index is 5.93. The molecule has 0 amide bonds. The van der Waals surface area contributed by atoms with E-state index in [1.807, 2.05) is 0 Å². The molecule has 16 heavy (non-hydrogen) atoms. The minimum absolute atomic E-state index is 0.313. The van der Waals surface area contributed by atoms with Crippen molar-refractivity contribution >= 4 is 27.3 Å². The summed E-state index contributed by atoms with van der Waals surface area (Å²) in [6.45, 7) is 5.43. The number of rotatable bonds is 3. The van der Waals surface area contributed by atoms with Crippen LogP contribution in [0.15, 0.2) is 15.9 Å². The van der Waals surface area contributed by atoms with E-state index in [-0.39, 0.29) is 0 Å². The Morgan fingerprint density at radius 2 is 2.56 bits per heavy atom. The molecule has 0 aromatic carbocycles. The second kappa shape index (κ2) is 5.60. The largest absolute Gasteiger partial charge is 0.379 e. The molecule has 0 radical (unpaired) electrons. The van der Waals surface area contributed by atoms with Crippen LogP contribution >= 0.6 is 27.3 Å². The number of hydrogen-bond acceptors (Lipinski definition) is 4. The van der Waals surface area contributed by atoms with Crippen molar-refractivity contribution in [1.82, 2.24) is 4.90 Å². The van der Waals surface area contributed by atoms with Crippen LogP contribution in [0, 0.1) is 0 Å². The summed E-state index contributed by atoms with van der Waals surface area (Å²) in [6, 6.07) is 2.85. The van der Waals surface area contributed by atoms with Gasteiger partial charge in [-0.2, -0.15) is 0 Å². The number of nitrogens with two attached hydrogens (primary N) is 1. The quantitative estimate of drug-likeness (QED) is 0.931. The second-order valence-corrected chi connectivity index (χ2v) is 5.85. The molecule has 2 N–H and O–H groups in total. The molecular weight excluding hydrogens is 288 g/mol. The zero-order chi connectivity index (χ0) is 11.5. The van der Waals surface area contributed by atoms with Crippen molar-refractivity contribution in [1.29, 1.82) is 0 Å². The first-order valence-corrected chi connectivity index (χ1v) is 7.17. The van der Waals surface area contributed by atoms with Crippen LogP contribution in [0.2, 0.25) is 0 Å². The first-order valence-electron chi connectivity index (χ1n) is 5.50. The van der Waals surface area contributed by atoms with E-state index in [9.17, 15) is 0 Å². The highest BCUT2D eigenvalue weighted by atomic mass is 79.9. The van der Waals surface area contributed by atoms with Gasteiger partial charge >= 0.3 is 0 Å². The molecule has 1 aromatic rings. The maximum atomic E-state index is 5.93. The normalized spacial score (nSPS) is 24.6. The number of thiophene rings is 1. The lowest BCUT2D eigenvalue weighted by Crippen LogP contribution is -2.47. The molecule has 5 heteroatoms. The van der Waals surface area contributed by atoms with E-state index in [0.717, 1.165) is 19.8 Å². The lowest BCUT2D eigenvalue weighted by Gasteiger charge is -2.38. The van der Waals surface area contributed by atoms with E-state index in [1.54, 1.807) is 11.3 Å². The molecule has 2 heterocycles.